The maximum absolute atomic E-state index is 12.4. The molecule has 0 fully saturated rings. The molecule has 2 heterocycles. The first-order valence-corrected chi connectivity index (χ1v) is 8.98. The fourth-order valence-electron chi connectivity index (χ4n) is 2.08. The van der Waals surface area contributed by atoms with Gasteiger partial charge in [-0.15, -0.1) is 11.3 Å². The number of nitrogens with one attached hydrogen (secondary N) is 1. The normalized spacial score (nSPS) is 11.5. The molecule has 0 aliphatic carbocycles. The largest absolute Gasteiger partial charge is 0.279 e. The fourth-order valence-corrected chi connectivity index (χ4v) is 4.31. The summed E-state index contributed by atoms with van der Waals surface area (Å²) < 4.78 is 29.5. The molecule has 7 heteroatoms. The number of nitrogens with zero attached hydrogens (tertiary/aromatic N) is 2. The van der Waals surface area contributed by atoms with Crippen LogP contribution in [-0.2, 0) is 17.1 Å². The van der Waals surface area contributed by atoms with Crippen molar-refractivity contribution < 1.29 is 8.42 Å². The zero-order valence-corrected chi connectivity index (χ0v) is 13.8. The summed E-state index contributed by atoms with van der Waals surface area (Å²) in [4.78, 5) is 0. The van der Waals surface area contributed by atoms with E-state index in [0.717, 1.165) is 16.8 Å². The molecule has 0 aliphatic rings. The van der Waals surface area contributed by atoms with Crippen molar-refractivity contribution in [3.63, 3.8) is 0 Å². The van der Waals surface area contributed by atoms with Crippen molar-refractivity contribution >= 4 is 27.0 Å². The monoisotopic (exact) mass is 333 g/mol. The van der Waals surface area contributed by atoms with Crippen molar-refractivity contribution in [2.45, 2.75) is 11.1 Å². The number of hydrogen-bond acceptors (Lipinski definition) is 4. The number of aryl methyl sites for hydroxylation is 2. The van der Waals surface area contributed by atoms with Gasteiger partial charge < -0.3 is 0 Å². The van der Waals surface area contributed by atoms with Crippen LogP contribution in [0, 0.1) is 6.92 Å². The molecule has 0 aliphatic heterocycles. The van der Waals surface area contributed by atoms with Gasteiger partial charge in [0.25, 0.3) is 10.0 Å². The van der Waals surface area contributed by atoms with Crippen LogP contribution in [0.1, 0.15) is 5.56 Å². The van der Waals surface area contributed by atoms with Crippen molar-refractivity contribution in [2.75, 3.05) is 4.72 Å². The lowest BCUT2D eigenvalue weighted by Gasteiger charge is -2.06. The topological polar surface area (TPSA) is 64.0 Å². The Morgan fingerprint density at radius 3 is 2.55 bits per heavy atom. The van der Waals surface area contributed by atoms with E-state index in [0.29, 0.717) is 5.69 Å². The van der Waals surface area contributed by atoms with Crippen LogP contribution in [0.25, 0.3) is 11.3 Å². The average molecular weight is 333 g/mol. The van der Waals surface area contributed by atoms with Gasteiger partial charge in [0, 0.05) is 29.9 Å². The maximum atomic E-state index is 12.4. The van der Waals surface area contributed by atoms with E-state index >= 15 is 0 Å². The van der Waals surface area contributed by atoms with E-state index in [4.69, 9.17) is 0 Å². The number of sulfonamides is 1. The van der Waals surface area contributed by atoms with Gasteiger partial charge in [-0.1, -0.05) is 17.7 Å². The lowest BCUT2D eigenvalue weighted by Crippen LogP contribution is -2.11. The highest BCUT2D eigenvalue weighted by Crippen LogP contribution is 2.29. The van der Waals surface area contributed by atoms with E-state index < -0.39 is 10.0 Å². The molecule has 5 nitrogen and oxygen atoms in total. The van der Waals surface area contributed by atoms with Crippen molar-refractivity contribution in [2.24, 2.45) is 7.05 Å². The Labute approximate surface area is 133 Å². The molecule has 3 aromatic rings. The highest BCUT2D eigenvalue weighted by molar-refractivity contribution is 7.94. The van der Waals surface area contributed by atoms with Gasteiger partial charge in [0.1, 0.15) is 4.21 Å². The molecule has 0 atom stereocenters. The van der Waals surface area contributed by atoms with Gasteiger partial charge in [0.2, 0.25) is 0 Å². The Balaban J connectivity index is 1.88. The van der Waals surface area contributed by atoms with Crippen molar-refractivity contribution in [3.8, 4) is 11.3 Å². The first-order valence-electron chi connectivity index (χ1n) is 6.62. The van der Waals surface area contributed by atoms with Gasteiger partial charge in [0.15, 0.2) is 0 Å². The second kappa shape index (κ2) is 5.58. The van der Waals surface area contributed by atoms with E-state index in [2.05, 4.69) is 9.82 Å². The number of anilines is 1. The highest BCUT2D eigenvalue weighted by atomic mass is 32.2. The van der Waals surface area contributed by atoms with E-state index in [-0.39, 0.29) is 4.21 Å². The third-order valence-electron chi connectivity index (χ3n) is 3.26. The standard InChI is InChI=1S/C15H15N3O2S2/c1-11-3-5-13(6-4-11)17-22(19,20)15-9-12(10-21-15)14-7-8-16-18(14)2/h3-10,17H,1-2H3. The summed E-state index contributed by atoms with van der Waals surface area (Å²) in [7, 11) is -1.75. The van der Waals surface area contributed by atoms with Crippen LogP contribution in [0.5, 0.6) is 0 Å². The SMILES string of the molecule is Cc1ccc(NS(=O)(=O)c2cc(-c3ccnn3C)cs2)cc1. The summed E-state index contributed by atoms with van der Waals surface area (Å²) in [5.41, 5.74) is 3.36. The molecule has 0 spiro atoms. The van der Waals surface area contributed by atoms with Gasteiger partial charge in [0.05, 0.1) is 5.69 Å². The van der Waals surface area contributed by atoms with Gasteiger partial charge in [-0.3, -0.25) is 9.40 Å². The van der Waals surface area contributed by atoms with Crippen LogP contribution in [0.3, 0.4) is 0 Å². The Hall–Kier alpha value is -2.12. The quantitative estimate of drug-likeness (QED) is 0.797. The van der Waals surface area contributed by atoms with Crippen molar-refractivity contribution in [1.29, 1.82) is 0 Å². The third-order valence-corrected chi connectivity index (χ3v) is 6.08. The number of benzene rings is 1. The molecule has 0 saturated heterocycles. The minimum atomic E-state index is -3.57. The van der Waals surface area contributed by atoms with Gasteiger partial charge in [-0.2, -0.15) is 5.10 Å². The van der Waals surface area contributed by atoms with Crippen LogP contribution < -0.4 is 4.72 Å². The van der Waals surface area contributed by atoms with E-state index in [1.165, 1.54) is 11.3 Å². The summed E-state index contributed by atoms with van der Waals surface area (Å²) in [6.07, 6.45) is 1.69. The second-order valence-corrected chi connectivity index (χ2v) is 7.79. The lowest BCUT2D eigenvalue weighted by atomic mass is 10.2. The van der Waals surface area contributed by atoms with Crippen molar-refractivity contribution in [1.82, 2.24) is 9.78 Å². The van der Waals surface area contributed by atoms with E-state index in [9.17, 15) is 8.42 Å². The molecule has 2 aromatic heterocycles. The molecule has 0 saturated carbocycles. The van der Waals surface area contributed by atoms with Crippen molar-refractivity contribution in [3.05, 3.63) is 53.5 Å². The molecule has 1 N–H and O–H groups in total. The van der Waals surface area contributed by atoms with Crippen LogP contribution in [-0.4, -0.2) is 18.2 Å². The molecule has 0 amide bonds. The van der Waals surface area contributed by atoms with E-state index in [1.807, 2.05) is 37.6 Å². The molecule has 0 unspecified atom stereocenters. The summed E-state index contributed by atoms with van der Waals surface area (Å²) >= 11 is 1.19. The summed E-state index contributed by atoms with van der Waals surface area (Å²) in [5.74, 6) is 0. The van der Waals surface area contributed by atoms with Gasteiger partial charge in [-0.25, -0.2) is 8.42 Å². The van der Waals surface area contributed by atoms with E-state index in [1.54, 1.807) is 29.1 Å². The number of hydrogen-bond donors (Lipinski definition) is 1. The number of aromatic nitrogens is 2. The summed E-state index contributed by atoms with van der Waals surface area (Å²) in [5, 5.41) is 5.92. The molecular formula is C15H15N3O2S2. The summed E-state index contributed by atoms with van der Waals surface area (Å²) in [6, 6.07) is 10.8. The van der Waals surface area contributed by atoms with Crippen LogP contribution >= 0.6 is 11.3 Å². The Morgan fingerprint density at radius 2 is 1.91 bits per heavy atom. The second-order valence-electron chi connectivity index (χ2n) is 4.97. The minimum Gasteiger partial charge on any atom is -0.279 e. The smallest absolute Gasteiger partial charge is 0.271 e. The Kier molecular flexibility index (Phi) is 3.76. The lowest BCUT2D eigenvalue weighted by molar-refractivity contribution is 0.603. The predicted molar refractivity (Wildman–Crippen MR) is 88.5 cm³/mol. The molecule has 22 heavy (non-hydrogen) atoms. The third kappa shape index (κ3) is 2.90. The van der Waals surface area contributed by atoms with Gasteiger partial charge >= 0.3 is 0 Å². The molecule has 114 valence electrons. The Morgan fingerprint density at radius 1 is 1.18 bits per heavy atom. The molecular weight excluding hydrogens is 318 g/mol. The maximum Gasteiger partial charge on any atom is 0.271 e. The number of rotatable bonds is 4. The Bertz CT molecular complexity index is 893. The molecule has 1 aromatic carbocycles. The molecule has 0 bridgehead atoms. The van der Waals surface area contributed by atoms with Crippen LogP contribution in [0.2, 0.25) is 0 Å². The molecule has 0 radical (unpaired) electrons. The molecule has 3 rings (SSSR count). The summed E-state index contributed by atoms with van der Waals surface area (Å²) in [6.45, 7) is 1.96. The minimum absolute atomic E-state index is 0.282. The zero-order chi connectivity index (χ0) is 15.7. The first kappa shape index (κ1) is 14.8. The zero-order valence-electron chi connectivity index (χ0n) is 12.1. The van der Waals surface area contributed by atoms with Gasteiger partial charge in [-0.05, 0) is 31.2 Å². The van der Waals surface area contributed by atoms with Crippen LogP contribution in [0.15, 0.2) is 52.2 Å². The average Bonchev–Trinajstić information content (AvgIpc) is 3.10. The predicted octanol–water partition coefficient (Wildman–Crippen LogP) is 3.26. The van der Waals surface area contributed by atoms with Crippen LogP contribution in [0.4, 0.5) is 5.69 Å². The first-order chi connectivity index (χ1) is 10.5. The fraction of sp³-hybridized carbons (Fsp3) is 0.133. The highest BCUT2D eigenvalue weighted by Gasteiger charge is 2.18. The number of thiophene rings is 1.